The van der Waals surface area contributed by atoms with Gasteiger partial charge >= 0.3 is 0 Å². The Morgan fingerprint density at radius 3 is 2.83 bits per heavy atom. The van der Waals surface area contributed by atoms with E-state index in [1.807, 2.05) is 0 Å². The van der Waals surface area contributed by atoms with Crippen molar-refractivity contribution >= 4 is 10.0 Å². The van der Waals surface area contributed by atoms with Crippen molar-refractivity contribution < 1.29 is 17.3 Å². The van der Waals surface area contributed by atoms with Crippen LogP contribution in [0.1, 0.15) is 11.5 Å². The van der Waals surface area contributed by atoms with E-state index in [1.54, 1.807) is 12.1 Å². The second-order valence-electron chi connectivity index (χ2n) is 4.85. The summed E-state index contributed by atoms with van der Waals surface area (Å²) in [6, 6.07) is 6.74. The second kappa shape index (κ2) is 6.42. The van der Waals surface area contributed by atoms with Crippen molar-refractivity contribution in [1.82, 2.24) is 25.1 Å². The zero-order chi connectivity index (χ0) is 17.2. The highest BCUT2D eigenvalue weighted by atomic mass is 32.2. The van der Waals surface area contributed by atoms with Crippen LogP contribution in [0.4, 0.5) is 4.39 Å². The van der Waals surface area contributed by atoms with E-state index in [9.17, 15) is 12.8 Å². The predicted molar refractivity (Wildman–Crippen MR) is 80.5 cm³/mol. The van der Waals surface area contributed by atoms with E-state index in [-0.39, 0.29) is 23.2 Å². The maximum absolute atomic E-state index is 13.1. The summed E-state index contributed by atoms with van der Waals surface area (Å²) in [6.45, 7) is 1.31. The average molecular weight is 349 g/mol. The molecule has 1 N–H and O–H groups in total. The Morgan fingerprint density at radius 1 is 1.29 bits per heavy atom. The summed E-state index contributed by atoms with van der Waals surface area (Å²) >= 11 is 0. The summed E-state index contributed by atoms with van der Waals surface area (Å²) < 4.78 is 44.9. The Morgan fingerprint density at radius 2 is 2.12 bits per heavy atom. The topological polar surface area (TPSA) is 111 Å². The van der Waals surface area contributed by atoms with E-state index < -0.39 is 15.8 Å². The van der Waals surface area contributed by atoms with Gasteiger partial charge < -0.3 is 4.52 Å². The first kappa shape index (κ1) is 16.1. The fourth-order valence-electron chi connectivity index (χ4n) is 2.00. The van der Waals surface area contributed by atoms with Gasteiger partial charge in [-0.15, -0.1) is 5.10 Å². The molecule has 24 heavy (non-hydrogen) atoms. The lowest BCUT2D eigenvalue weighted by Crippen LogP contribution is -2.24. The predicted octanol–water partition coefficient (Wildman–Crippen LogP) is 1.45. The van der Waals surface area contributed by atoms with Crippen LogP contribution in [0.2, 0.25) is 0 Å². The largest absolute Gasteiger partial charge is 0.337 e. The first-order chi connectivity index (χ1) is 11.5. The molecule has 8 nitrogen and oxygen atoms in total. The Balaban J connectivity index is 1.75. The Kier molecular flexibility index (Phi) is 4.32. The molecule has 0 saturated heterocycles. The number of aromatic nitrogens is 4. The van der Waals surface area contributed by atoms with E-state index in [4.69, 9.17) is 4.52 Å². The minimum absolute atomic E-state index is 0.0161. The van der Waals surface area contributed by atoms with Crippen LogP contribution >= 0.6 is 0 Å². The number of hydrogen-bond donors (Lipinski definition) is 1. The number of nitrogens with zero attached hydrogens (tertiary/aromatic N) is 4. The van der Waals surface area contributed by atoms with E-state index in [0.717, 1.165) is 12.1 Å². The lowest BCUT2D eigenvalue weighted by molar-refractivity contribution is 0.375. The van der Waals surface area contributed by atoms with Crippen molar-refractivity contribution in [3.8, 4) is 11.5 Å². The zero-order valence-electron chi connectivity index (χ0n) is 12.5. The monoisotopic (exact) mass is 349 g/mol. The average Bonchev–Trinajstić information content (AvgIpc) is 3.02. The molecule has 0 bridgehead atoms. The number of hydrogen-bond acceptors (Lipinski definition) is 7. The summed E-state index contributed by atoms with van der Waals surface area (Å²) in [5.41, 5.74) is 0.706. The molecule has 0 spiro atoms. The van der Waals surface area contributed by atoms with Crippen LogP contribution in [-0.2, 0) is 16.6 Å². The highest BCUT2D eigenvalue weighted by molar-refractivity contribution is 7.89. The van der Waals surface area contributed by atoms with E-state index in [2.05, 4.69) is 25.1 Å². The molecule has 3 aromatic rings. The first-order valence-corrected chi connectivity index (χ1v) is 8.30. The van der Waals surface area contributed by atoms with Gasteiger partial charge in [-0.05, 0) is 42.8 Å². The molecule has 0 amide bonds. The van der Waals surface area contributed by atoms with Crippen molar-refractivity contribution in [2.24, 2.45) is 0 Å². The summed E-state index contributed by atoms with van der Waals surface area (Å²) in [7, 11) is -3.83. The quantitative estimate of drug-likeness (QED) is 0.742. The van der Waals surface area contributed by atoms with Gasteiger partial charge in [-0.2, -0.15) is 10.1 Å². The van der Waals surface area contributed by atoms with Crippen molar-refractivity contribution in [2.75, 3.05) is 0 Å². The smallest absolute Gasteiger partial charge is 0.242 e. The third-order valence-electron chi connectivity index (χ3n) is 3.11. The molecule has 0 aliphatic carbocycles. The lowest BCUT2D eigenvalue weighted by atomic mass is 10.2. The number of benzene rings is 1. The van der Waals surface area contributed by atoms with Crippen LogP contribution in [0.25, 0.3) is 11.5 Å². The molecule has 0 atom stereocenters. The van der Waals surface area contributed by atoms with Gasteiger partial charge in [0.25, 0.3) is 0 Å². The summed E-state index contributed by atoms with van der Waals surface area (Å²) in [4.78, 5) is 4.03. The highest BCUT2D eigenvalue weighted by Crippen LogP contribution is 2.17. The van der Waals surface area contributed by atoms with Gasteiger partial charge in [0.05, 0.1) is 11.4 Å². The van der Waals surface area contributed by atoms with Crippen molar-refractivity contribution in [3.63, 3.8) is 0 Å². The van der Waals surface area contributed by atoms with E-state index >= 15 is 0 Å². The molecule has 0 saturated carbocycles. The Labute approximate surface area is 136 Å². The molecule has 2 aromatic heterocycles. The van der Waals surface area contributed by atoms with Crippen LogP contribution in [0.3, 0.4) is 0 Å². The number of aryl methyl sites for hydroxylation is 1. The van der Waals surface area contributed by atoms with E-state index in [1.165, 1.54) is 19.2 Å². The number of nitrogens with one attached hydrogen (secondary N) is 1. The van der Waals surface area contributed by atoms with Crippen LogP contribution < -0.4 is 4.72 Å². The van der Waals surface area contributed by atoms with Gasteiger partial charge in [0.1, 0.15) is 11.5 Å². The van der Waals surface area contributed by atoms with Crippen LogP contribution in [-0.4, -0.2) is 28.8 Å². The third-order valence-corrected chi connectivity index (χ3v) is 4.67. The van der Waals surface area contributed by atoms with Gasteiger partial charge in [0.15, 0.2) is 0 Å². The molecule has 0 aliphatic heterocycles. The van der Waals surface area contributed by atoms with Crippen molar-refractivity contribution in [1.29, 1.82) is 0 Å². The van der Waals surface area contributed by atoms with Crippen LogP contribution in [0.5, 0.6) is 0 Å². The van der Waals surface area contributed by atoms with Crippen molar-refractivity contribution in [2.45, 2.75) is 18.4 Å². The molecule has 10 heteroatoms. The van der Waals surface area contributed by atoms with Crippen LogP contribution in [0.15, 0.2) is 45.9 Å². The molecule has 0 fully saturated rings. The minimum atomic E-state index is -3.83. The molecule has 0 radical (unpaired) electrons. The fourth-order valence-corrected chi connectivity index (χ4v) is 3.20. The van der Waals surface area contributed by atoms with Gasteiger partial charge in [0.2, 0.25) is 21.7 Å². The number of rotatable bonds is 5. The SMILES string of the molecule is Cc1cc(F)ccc1S(=O)(=O)NCc1nc(-c2cccnn2)no1. The summed E-state index contributed by atoms with van der Waals surface area (Å²) in [5, 5.41) is 11.2. The first-order valence-electron chi connectivity index (χ1n) is 6.82. The summed E-state index contributed by atoms with van der Waals surface area (Å²) in [6.07, 6.45) is 1.50. The number of halogens is 1. The molecule has 0 aliphatic rings. The molecule has 2 heterocycles. The van der Waals surface area contributed by atoms with E-state index in [0.29, 0.717) is 11.3 Å². The highest BCUT2D eigenvalue weighted by Gasteiger charge is 2.19. The van der Waals surface area contributed by atoms with Gasteiger partial charge in [-0.3, -0.25) is 0 Å². The molecular formula is C14H12FN5O3S. The Bertz CT molecular complexity index is 960. The molecule has 1 aromatic carbocycles. The summed E-state index contributed by atoms with van der Waals surface area (Å²) in [5.74, 6) is -0.230. The second-order valence-corrected chi connectivity index (χ2v) is 6.59. The maximum atomic E-state index is 13.1. The third kappa shape index (κ3) is 3.44. The van der Waals surface area contributed by atoms with Crippen molar-refractivity contribution in [3.05, 3.63) is 53.8 Å². The lowest BCUT2D eigenvalue weighted by Gasteiger charge is -2.07. The molecular weight excluding hydrogens is 337 g/mol. The molecule has 3 rings (SSSR count). The van der Waals surface area contributed by atoms with Gasteiger partial charge in [0, 0.05) is 6.20 Å². The fraction of sp³-hybridized carbons (Fsp3) is 0.143. The normalized spacial score (nSPS) is 11.6. The van der Waals surface area contributed by atoms with Crippen LogP contribution in [0, 0.1) is 12.7 Å². The molecule has 124 valence electrons. The standard InChI is InChI=1S/C14H12FN5O3S/c1-9-7-10(15)4-5-12(9)24(21,22)17-8-13-18-14(20-23-13)11-3-2-6-16-19-11/h2-7,17H,8H2,1H3. The Hall–Kier alpha value is -2.72. The minimum Gasteiger partial charge on any atom is -0.337 e. The number of sulfonamides is 1. The maximum Gasteiger partial charge on any atom is 0.242 e. The molecule has 0 unspecified atom stereocenters. The van der Waals surface area contributed by atoms with Gasteiger partial charge in [-0.1, -0.05) is 5.16 Å². The van der Waals surface area contributed by atoms with Gasteiger partial charge in [-0.25, -0.2) is 17.5 Å². The zero-order valence-corrected chi connectivity index (χ0v) is 13.3.